The van der Waals surface area contributed by atoms with E-state index in [-0.39, 0.29) is 0 Å². The highest BCUT2D eigenvalue weighted by Gasteiger charge is 2.16. The number of hydrogen-bond acceptors (Lipinski definition) is 4. The standard InChI is InChI=1S/C14H28N4O/c1-12(2)8-15-9-13(11-19-5)18(4)10-14-16-6-7-17(14)3/h6-7,12-13,15H,8-11H2,1-5H3. The van der Waals surface area contributed by atoms with Crippen LogP contribution < -0.4 is 5.32 Å². The van der Waals surface area contributed by atoms with Gasteiger partial charge in [0.25, 0.3) is 0 Å². The van der Waals surface area contributed by atoms with E-state index in [4.69, 9.17) is 4.74 Å². The summed E-state index contributed by atoms with van der Waals surface area (Å²) in [4.78, 5) is 6.66. The highest BCUT2D eigenvalue weighted by atomic mass is 16.5. The zero-order valence-corrected chi connectivity index (χ0v) is 12.9. The molecule has 0 fully saturated rings. The van der Waals surface area contributed by atoms with Gasteiger partial charge in [0, 0.05) is 39.1 Å². The Labute approximate surface area is 117 Å². The van der Waals surface area contributed by atoms with E-state index in [2.05, 4.69) is 40.7 Å². The summed E-state index contributed by atoms with van der Waals surface area (Å²) < 4.78 is 7.38. The second-order valence-corrected chi connectivity index (χ2v) is 5.53. The van der Waals surface area contributed by atoms with Crippen molar-refractivity contribution in [1.82, 2.24) is 19.8 Å². The Balaban J connectivity index is 2.47. The van der Waals surface area contributed by atoms with Gasteiger partial charge in [0.1, 0.15) is 5.82 Å². The molecule has 1 heterocycles. The molecule has 0 amide bonds. The number of aryl methyl sites for hydroxylation is 1. The molecule has 1 atom stereocenters. The molecule has 0 radical (unpaired) electrons. The van der Waals surface area contributed by atoms with Crippen LogP contribution in [0.3, 0.4) is 0 Å². The lowest BCUT2D eigenvalue weighted by molar-refractivity contribution is 0.0989. The molecule has 1 aromatic heterocycles. The molecule has 5 heteroatoms. The minimum Gasteiger partial charge on any atom is -0.383 e. The monoisotopic (exact) mass is 268 g/mol. The molecule has 0 saturated heterocycles. The molecule has 1 N–H and O–H groups in total. The number of likely N-dealkylation sites (N-methyl/N-ethyl adjacent to an activating group) is 1. The summed E-state index contributed by atoms with van der Waals surface area (Å²) in [5.74, 6) is 1.75. The third-order valence-electron chi connectivity index (χ3n) is 3.23. The van der Waals surface area contributed by atoms with E-state index < -0.39 is 0 Å². The summed E-state index contributed by atoms with van der Waals surface area (Å²) in [5.41, 5.74) is 0. The van der Waals surface area contributed by atoms with E-state index in [1.54, 1.807) is 7.11 Å². The number of hydrogen-bond donors (Lipinski definition) is 1. The van der Waals surface area contributed by atoms with Crippen LogP contribution in [0.15, 0.2) is 12.4 Å². The Kier molecular flexibility index (Phi) is 7.05. The van der Waals surface area contributed by atoms with Crippen molar-refractivity contribution in [3.63, 3.8) is 0 Å². The van der Waals surface area contributed by atoms with Crippen LogP contribution in [0.5, 0.6) is 0 Å². The van der Waals surface area contributed by atoms with E-state index in [9.17, 15) is 0 Å². The normalized spacial score (nSPS) is 13.4. The van der Waals surface area contributed by atoms with Crippen molar-refractivity contribution in [2.45, 2.75) is 26.4 Å². The fourth-order valence-corrected chi connectivity index (χ4v) is 1.97. The van der Waals surface area contributed by atoms with Gasteiger partial charge < -0.3 is 14.6 Å². The Morgan fingerprint density at radius 1 is 1.42 bits per heavy atom. The molecule has 0 spiro atoms. The van der Waals surface area contributed by atoms with Gasteiger partial charge in [-0.2, -0.15) is 0 Å². The fourth-order valence-electron chi connectivity index (χ4n) is 1.97. The van der Waals surface area contributed by atoms with E-state index in [0.29, 0.717) is 12.0 Å². The van der Waals surface area contributed by atoms with Crippen molar-refractivity contribution in [2.75, 3.05) is 33.9 Å². The third kappa shape index (κ3) is 5.72. The second kappa shape index (κ2) is 8.30. The van der Waals surface area contributed by atoms with E-state index in [1.165, 1.54) is 0 Å². The number of nitrogens with one attached hydrogen (secondary N) is 1. The Morgan fingerprint density at radius 3 is 2.68 bits per heavy atom. The molecule has 0 aliphatic rings. The van der Waals surface area contributed by atoms with Crippen molar-refractivity contribution in [1.29, 1.82) is 0 Å². The van der Waals surface area contributed by atoms with Gasteiger partial charge in [-0.15, -0.1) is 0 Å². The highest BCUT2D eigenvalue weighted by molar-refractivity contribution is 4.91. The number of rotatable bonds is 9. The van der Waals surface area contributed by atoms with Crippen LogP contribution >= 0.6 is 0 Å². The average molecular weight is 268 g/mol. The summed E-state index contributed by atoms with van der Waals surface area (Å²) in [6.07, 6.45) is 3.82. The zero-order chi connectivity index (χ0) is 14.3. The maximum absolute atomic E-state index is 5.32. The van der Waals surface area contributed by atoms with Crippen LogP contribution in [0.2, 0.25) is 0 Å². The molecule has 0 aliphatic heterocycles. The summed E-state index contributed by atoms with van der Waals surface area (Å²) in [7, 11) is 5.90. The molecule has 1 unspecified atom stereocenters. The Morgan fingerprint density at radius 2 is 2.16 bits per heavy atom. The van der Waals surface area contributed by atoms with Crippen molar-refractivity contribution in [2.24, 2.45) is 13.0 Å². The smallest absolute Gasteiger partial charge is 0.122 e. The molecule has 5 nitrogen and oxygen atoms in total. The van der Waals surface area contributed by atoms with Gasteiger partial charge in [0.2, 0.25) is 0 Å². The largest absolute Gasteiger partial charge is 0.383 e. The first-order valence-corrected chi connectivity index (χ1v) is 6.90. The summed E-state index contributed by atoms with van der Waals surface area (Å²) >= 11 is 0. The van der Waals surface area contributed by atoms with Crippen LogP contribution in [0.25, 0.3) is 0 Å². The van der Waals surface area contributed by atoms with Crippen molar-refractivity contribution >= 4 is 0 Å². The van der Waals surface area contributed by atoms with Gasteiger partial charge >= 0.3 is 0 Å². The average Bonchev–Trinajstić information content (AvgIpc) is 2.73. The molecular formula is C14H28N4O. The number of nitrogens with zero attached hydrogens (tertiary/aromatic N) is 3. The second-order valence-electron chi connectivity index (χ2n) is 5.53. The fraction of sp³-hybridized carbons (Fsp3) is 0.786. The Hall–Kier alpha value is -0.910. The van der Waals surface area contributed by atoms with Gasteiger partial charge in [0.05, 0.1) is 13.2 Å². The number of aromatic nitrogens is 2. The van der Waals surface area contributed by atoms with Crippen LogP contribution in [0.1, 0.15) is 19.7 Å². The Bertz CT molecular complexity index is 351. The zero-order valence-electron chi connectivity index (χ0n) is 12.9. The number of ether oxygens (including phenoxy) is 1. The molecular weight excluding hydrogens is 240 g/mol. The molecule has 0 saturated carbocycles. The lowest BCUT2D eigenvalue weighted by Gasteiger charge is -2.27. The predicted octanol–water partition coefficient (Wildman–Crippen LogP) is 1.11. The number of methoxy groups -OCH3 is 1. The minimum atomic E-state index is 0.362. The molecule has 1 rings (SSSR count). The molecule has 0 bridgehead atoms. The lowest BCUT2D eigenvalue weighted by atomic mass is 10.2. The topological polar surface area (TPSA) is 42.3 Å². The number of imidazole rings is 1. The summed E-state index contributed by atoms with van der Waals surface area (Å²) in [6.45, 7) is 7.97. The first-order valence-electron chi connectivity index (χ1n) is 6.90. The third-order valence-corrected chi connectivity index (χ3v) is 3.23. The maximum atomic E-state index is 5.32. The summed E-state index contributed by atoms with van der Waals surface area (Å²) in [6, 6.07) is 0.362. The van der Waals surface area contributed by atoms with Crippen LogP contribution in [-0.4, -0.2) is 54.3 Å². The maximum Gasteiger partial charge on any atom is 0.122 e. The van der Waals surface area contributed by atoms with Crippen molar-refractivity contribution in [3.8, 4) is 0 Å². The quantitative estimate of drug-likeness (QED) is 0.728. The van der Waals surface area contributed by atoms with Crippen LogP contribution in [-0.2, 0) is 18.3 Å². The van der Waals surface area contributed by atoms with Gasteiger partial charge in [-0.3, -0.25) is 4.90 Å². The molecule has 0 aliphatic carbocycles. The van der Waals surface area contributed by atoms with Crippen molar-refractivity contribution < 1.29 is 4.74 Å². The summed E-state index contributed by atoms with van der Waals surface area (Å²) in [5, 5.41) is 3.50. The highest BCUT2D eigenvalue weighted by Crippen LogP contribution is 2.04. The van der Waals surface area contributed by atoms with Gasteiger partial charge in [0.15, 0.2) is 0 Å². The van der Waals surface area contributed by atoms with Crippen molar-refractivity contribution in [3.05, 3.63) is 18.2 Å². The molecule has 0 aromatic carbocycles. The first kappa shape index (κ1) is 16.1. The van der Waals surface area contributed by atoms with Crippen LogP contribution in [0.4, 0.5) is 0 Å². The lowest BCUT2D eigenvalue weighted by Crippen LogP contribution is -2.43. The first-order chi connectivity index (χ1) is 9.04. The van der Waals surface area contributed by atoms with Gasteiger partial charge in [-0.05, 0) is 19.5 Å². The van der Waals surface area contributed by atoms with Gasteiger partial charge in [-0.1, -0.05) is 13.8 Å². The SMILES string of the molecule is COCC(CNCC(C)C)N(C)Cc1nccn1C. The van der Waals surface area contributed by atoms with E-state index in [1.807, 2.05) is 19.4 Å². The van der Waals surface area contributed by atoms with Gasteiger partial charge in [-0.25, -0.2) is 4.98 Å². The molecule has 19 heavy (non-hydrogen) atoms. The molecule has 1 aromatic rings. The minimum absolute atomic E-state index is 0.362. The van der Waals surface area contributed by atoms with E-state index in [0.717, 1.165) is 32.1 Å². The van der Waals surface area contributed by atoms with Crippen LogP contribution in [0, 0.1) is 5.92 Å². The molecule has 110 valence electrons. The predicted molar refractivity (Wildman–Crippen MR) is 78.0 cm³/mol. The van der Waals surface area contributed by atoms with E-state index >= 15 is 0 Å².